The number of benzene rings is 1. The molecule has 0 aliphatic carbocycles. The quantitative estimate of drug-likeness (QED) is 0.718. The normalized spacial score (nSPS) is 12.9. The van der Waals surface area contributed by atoms with Crippen LogP contribution in [0.1, 0.15) is 38.6 Å². The van der Waals surface area contributed by atoms with Crippen LogP contribution in [0.3, 0.4) is 0 Å². The molecule has 3 N–H and O–H groups in total. The van der Waals surface area contributed by atoms with Gasteiger partial charge in [0.15, 0.2) is 5.82 Å². The van der Waals surface area contributed by atoms with E-state index in [1.807, 2.05) is 28.8 Å². The van der Waals surface area contributed by atoms with E-state index >= 15 is 0 Å². The Bertz CT molecular complexity index is 693. The predicted octanol–water partition coefficient (Wildman–Crippen LogP) is -0.0345. The van der Waals surface area contributed by atoms with Gasteiger partial charge in [0.25, 0.3) is 5.56 Å². The molecule has 1 atom stereocenters. The predicted molar refractivity (Wildman–Crippen MR) is 93.8 cm³/mol. The van der Waals surface area contributed by atoms with Gasteiger partial charge in [-0.25, -0.2) is 4.98 Å². The number of hydrogen-bond donors (Lipinski definition) is 2. The third-order valence-electron chi connectivity index (χ3n) is 4.21. The summed E-state index contributed by atoms with van der Waals surface area (Å²) in [7, 11) is 4.33. The van der Waals surface area contributed by atoms with Crippen LogP contribution in [0, 0.1) is 0 Å². The molecular weight excluding hydrogens is 288 g/mol. The zero-order chi connectivity index (χ0) is 16.8. The van der Waals surface area contributed by atoms with Crippen molar-refractivity contribution in [2.45, 2.75) is 39.3 Å². The van der Waals surface area contributed by atoms with Crippen molar-refractivity contribution in [3.63, 3.8) is 0 Å². The van der Waals surface area contributed by atoms with E-state index in [1.165, 1.54) is 4.90 Å². The first-order valence-corrected chi connectivity index (χ1v) is 8.70. The number of nitrogens with one attached hydrogen (secondary N) is 1. The number of hydrogen-bond acceptors (Lipinski definition) is 2. The molecule has 1 aromatic carbocycles. The van der Waals surface area contributed by atoms with Crippen molar-refractivity contribution in [1.29, 1.82) is 0 Å². The van der Waals surface area contributed by atoms with E-state index in [0.717, 1.165) is 49.2 Å². The summed E-state index contributed by atoms with van der Waals surface area (Å²) >= 11 is 0. The molecule has 0 aliphatic rings. The molecule has 0 unspecified atom stereocenters. The fourth-order valence-corrected chi connectivity index (χ4v) is 2.94. The lowest BCUT2D eigenvalue weighted by Crippen LogP contribution is -3.09. The van der Waals surface area contributed by atoms with Gasteiger partial charge in [0.1, 0.15) is 19.1 Å². The Morgan fingerprint density at radius 2 is 2.00 bits per heavy atom. The Balaban J connectivity index is 2.43. The van der Waals surface area contributed by atoms with Crippen LogP contribution in [0.2, 0.25) is 0 Å². The summed E-state index contributed by atoms with van der Waals surface area (Å²) < 4.78 is 1.88. The van der Waals surface area contributed by atoms with Gasteiger partial charge < -0.3 is 10.2 Å². The molecule has 5 heteroatoms. The molecule has 0 amide bonds. The number of likely N-dealkylation sites (N-methyl/N-ethyl adjacent to an activating group) is 1. The summed E-state index contributed by atoms with van der Waals surface area (Å²) in [4.78, 5) is 19.1. The van der Waals surface area contributed by atoms with Crippen LogP contribution in [0.5, 0.6) is 0 Å². The fraction of sp³-hybridized carbons (Fsp3) is 0.556. The van der Waals surface area contributed by atoms with Crippen LogP contribution in [0.4, 0.5) is 0 Å². The second-order valence-electron chi connectivity index (χ2n) is 6.44. The van der Waals surface area contributed by atoms with Crippen LogP contribution >= 0.6 is 0 Å². The molecule has 0 saturated carbocycles. The van der Waals surface area contributed by atoms with Crippen LogP contribution in [-0.2, 0) is 6.54 Å². The lowest BCUT2D eigenvalue weighted by Gasteiger charge is -2.19. The van der Waals surface area contributed by atoms with Crippen LogP contribution < -0.4 is 15.8 Å². The Kier molecular flexibility index (Phi) is 6.30. The van der Waals surface area contributed by atoms with Gasteiger partial charge in [-0.15, -0.1) is 0 Å². The Labute approximate surface area is 138 Å². The number of rotatable bonds is 8. The molecule has 1 aromatic heterocycles. The van der Waals surface area contributed by atoms with Gasteiger partial charge in [-0.05, 0) is 18.6 Å². The van der Waals surface area contributed by atoms with Gasteiger partial charge in [0, 0.05) is 13.0 Å². The lowest BCUT2D eigenvalue weighted by molar-refractivity contribution is -0.877. The van der Waals surface area contributed by atoms with Crippen molar-refractivity contribution < 1.29 is 10.2 Å². The average molecular weight is 318 g/mol. The summed E-state index contributed by atoms with van der Waals surface area (Å²) in [5, 5.41) is 3.05. The summed E-state index contributed by atoms with van der Waals surface area (Å²) in [6.45, 7) is 7.14. The van der Waals surface area contributed by atoms with Gasteiger partial charge in [0.05, 0.1) is 25.0 Å². The van der Waals surface area contributed by atoms with Crippen molar-refractivity contribution in [1.82, 2.24) is 9.55 Å². The first-order chi connectivity index (χ1) is 11.1. The molecule has 0 saturated heterocycles. The first kappa shape index (κ1) is 17.6. The first-order valence-electron chi connectivity index (χ1n) is 8.70. The summed E-state index contributed by atoms with van der Waals surface area (Å²) in [5.41, 5.74) is 0.905. The van der Waals surface area contributed by atoms with Gasteiger partial charge in [0.2, 0.25) is 0 Å². The van der Waals surface area contributed by atoms with Gasteiger partial charge >= 0.3 is 0 Å². The fourth-order valence-electron chi connectivity index (χ4n) is 2.94. The molecular formula is C18H30N4O+2. The molecule has 126 valence electrons. The highest BCUT2D eigenvalue weighted by Gasteiger charge is 2.21. The monoisotopic (exact) mass is 318 g/mol. The molecule has 0 bridgehead atoms. The van der Waals surface area contributed by atoms with Crippen LogP contribution in [0.15, 0.2) is 29.1 Å². The zero-order valence-electron chi connectivity index (χ0n) is 14.8. The highest BCUT2D eigenvalue weighted by Crippen LogP contribution is 2.14. The number of fused-ring (bicyclic) bond motifs is 1. The second kappa shape index (κ2) is 8.22. The van der Waals surface area contributed by atoms with Crippen molar-refractivity contribution in [2.75, 3.05) is 27.2 Å². The van der Waals surface area contributed by atoms with Gasteiger partial charge in [-0.1, -0.05) is 26.0 Å². The number of nitrogens with zero attached hydrogens (tertiary/aromatic N) is 2. The van der Waals surface area contributed by atoms with E-state index in [4.69, 9.17) is 4.98 Å². The highest BCUT2D eigenvalue weighted by atomic mass is 16.1. The minimum Gasteiger partial charge on any atom is -0.335 e. The molecule has 5 nitrogen and oxygen atoms in total. The molecule has 2 aromatic rings. The zero-order valence-corrected chi connectivity index (χ0v) is 14.8. The maximum atomic E-state index is 12.8. The summed E-state index contributed by atoms with van der Waals surface area (Å²) in [5.74, 6) is 0.923. The number of quaternary nitrogens is 2. The van der Waals surface area contributed by atoms with Crippen molar-refractivity contribution in [2.24, 2.45) is 0 Å². The van der Waals surface area contributed by atoms with Crippen molar-refractivity contribution >= 4 is 10.9 Å². The maximum absolute atomic E-state index is 12.8. The van der Waals surface area contributed by atoms with E-state index in [2.05, 4.69) is 33.3 Å². The third-order valence-corrected chi connectivity index (χ3v) is 4.21. The standard InChI is InChI=1S/C18H28N4O/c1-5-12-22-17(15(6-2)19-11-13-21(3)4)20-16-10-8-7-9-14(16)18(22)23/h7-10,15,19H,5-6,11-13H2,1-4H3/p+2/t15-/m1/s1. The number of aromatic nitrogens is 2. The maximum Gasteiger partial charge on any atom is 0.261 e. The van der Waals surface area contributed by atoms with Crippen molar-refractivity contribution in [3.05, 3.63) is 40.4 Å². The Hall–Kier alpha value is -1.72. The van der Waals surface area contributed by atoms with Gasteiger partial charge in [-0.2, -0.15) is 0 Å². The molecule has 23 heavy (non-hydrogen) atoms. The SMILES string of the molecule is CCCn1c([C@@H](CC)[NH2+]CC[NH+](C)C)nc2ccccc2c1=O. The van der Waals surface area contributed by atoms with E-state index in [0.29, 0.717) is 0 Å². The third kappa shape index (κ3) is 4.18. The summed E-state index contributed by atoms with van der Waals surface area (Å²) in [6.07, 6.45) is 1.91. The molecule has 2 rings (SSSR count). The van der Waals surface area contributed by atoms with E-state index < -0.39 is 0 Å². The molecule has 0 radical (unpaired) electrons. The van der Waals surface area contributed by atoms with Crippen LogP contribution in [0.25, 0.3) is 10.9 Å². The molecule has 1 heterocycles. The summed E-state index contributed by atoms with van der Waals surface area (Å²) in [6, 6.07) is 7.90. The largest absolute Gasteiger partial charge is 0.335 e. The second-order valence-corrected chi connectivity index (χ2v) is 6.44. The van der Waals surface area contributed by atoms with Gasteiger partial charge in [-0.3, -0.25) is 9.36 Å². The topological polar surface area (TPSA) is 55.9 Å². The lowest BCUT2D eigenvalue weighted by atomic mass is 10.1. The smallest absolute Gasteiger partial charge is 0.261 e. The van der Waals surface area contributed by atoms with E-state index in [1.54, 1.807) is 0 Å². The Morgan fingerprint density at radius 1 is 1.26 bits per heavy atom. The minimum absolute atomic E-state index is 0.0949. The van der Waals surface area contributed by atoms with E-state index in [-0.39, 0.29) is 11.6 Å². The molecule has 0 aliphatic heterocycles. The van der Waals surface area contributed by atoms with Crippen molar-refractivity contribution in [3.8, 4) is 0 Å². The van der Waals surface area contributed by atoms with Crippen LogP contribution in [-0.4, -0.2) is 36.7 Å². The Morgan fingerprint density at radius 3 is 2.65 bits per heavy atom. The van der Waals surface area contributed by atoms with E-state index in [9.17, 15) is 4.79 Å². The molecule has 0 fully saturated rings. The number of para-hydroxylation sites is 1. The molecule has 0 spiro atoms. The highest BCUT2D eigenvalue weighted by molar-refractivity contribution is 5.77. The average Bonchev–Trinajstić information content (AvgIpc) is 2.54. The minimum atomic E-state index is 0.0949. The number of nitrogens with two attached hydrogens (primary N) is 1.